The van der Waals surface area contributed by atoms with E-state index in [4.69, 9.17) is 4.74 Å². The van der Waals surface area contributed by atoms with Crippen LogP contribution in [0.15, 0.2) is 61.2 Å². The first-order valence-electron chi connectivity index (χ1n) is 8.53. The Kier molecular flexibility index (Phi) is 5.63. The highest BCUT2D eigenvalue weighted by Gasteiger charge is 2.13. The molecule has 1 aromatic carbocycles. The summed E-state index contributed by atoms with van der Waals surface area (Å²) in [5.74, 6) is 0.752. The predicted octanol–water partition coefficient (Wildman–Crippen LogP) is 3.09. The lowest BCUT2D eigenvalue weighted by Crippen LogP contribution is -2.26. The third-order valence-electron chi connectivity index (χ3n) is 4.18. The van der Waals surface area contributed by atoms with E-state index in [1.165, 1.54) is 0 Å². The van der Waals surface area contributed by atoms with Gasteiger partial charge in [0, 0.05) is 30.6 Å². The van der Waals surface area contributed by atoms with E-state index in [1.807, 2.05) is 49.5 Å². The quantitative estimate of drug-likeness (QED) is 0.711. The second-order valence-corrected chi connectivity index (χ2v) is 6.04. The Bertz CT molecular complexity index is 861. The molecule has 0 aliphatic heterocycles. The van der Waals surface area contributed by atoms with Crippen LogP contribution < -0.4 is 10.1 Å². The predicted molar refractivity (Wildman–Crippen MR) is 99.2 cm³/mol. The van der Waals surface area contributed by atoms with Gasteiger partial charge in [0.05, 0.1) is 19.3 Å². The van der Waals surface area contributed by atoms with Crippen molar-refractivity contribution in [1.82, 2.24) is 20.1 Å². The monoisotopic (exact) mass is 350 g/mol. The molecule has 0 saturated carbocycles. The van der Waals surface area contributed by atoms with Gasteiger partial charge in [0.1, 0.15) is 11.4 Å². The van der Waals surface area contributed by atoms with E-state index in [-0.39, 0.29) is 11.9 Å². The number of ether oxygens (including phenoxy) is 1. The van der Waals surface area contributed by atoms with E-state index in [1.54, 1.807) is 30.4 Å². The van der Waals surface area contributed by atoms with Gasteiger partial charge in [-0.25, -0.2) is 4.68 Å². The van der Waals surface area contributed by atoms with Crippen molar-refractivity contribution in [3.8, 4) is 11.4 Å². The molecule has 0 aliphatic rings. The number of aryl methyl sites for hydroxylation is 1. The first-order valence-corrected chi connectivity index (χ1v) is 8.53. The second-order valence-electron chi connectivity index (χ2n) is 6.04. The molecule has 6 heteroatoms. The van der Waals surface area contributed by atoms with Gasteiger partial charge < -0.3 is 10.1 Å². The van der Waals surface area contributed by atoms with Gasteiger partial charge >= 0.3 is 0 Å². The van der Waals surface area contributed by atoms with E-state index in [2.05, 4.69) is 15.4 Å². The summed E-state index contributed by atoms with van der Waals surface area (Å²) in [4.78, 5) is 16.3. The van der Waals surface area contributed by atoms with Gasteiger partial charge in [0.2, 0.25) is 5.91 Å². The summed E-state index contributed by atoms with van der Waals surface area (Å²) >= 11 is 0. The summed E-state index contributed by atoms with van der Waals surface area (Å²) < 4.78 is 7.13. The van der Waals surface area contributed by atoms with Crippen molar-refractivity contribution < 1.29 is 9.53 Å². The molecule has 0 saturated heterocycles. The smallest absolute Gasteiger partial charge is 0.220 e. The SMILES string of the molecule is COc1ccccc1-n1cc(C(C)NC(=O)CCc2cccnc2)cn1. The number of methoxy groups -OCH3 is 1. The fourth-order valence-corrected chi connectivity index (χ4v) is 2.71. The van der Waals surface area contributed by atoms with Gasteiger partial charge in [-0.15, -0.1) is 0 Å². The summed E-state index contributed by atoms with van der Waals surface area (Å²) in [7, 11) is 1.63. The number of carbonyl (C=O) groups excluding carboxylic acids is 1. The highest BCUT2D eigenvalue weighted by Crippen LogP contribution is 2.23. The van der Waals surface area contributed by atoms with Crippen molar-refractivity contribution in [2.75, 3.05) is 7.11 Å². The number of pyridine rings is 1. The maximum absolute atomic E-state index is 12.2. The van der Waals surface area contributed by atoms with Gasteiger partial charge in [-0.1, -0.05) is 18.2 Å². The summed E-state index contributed by atoms with van der Waals surface area (Å²) in [6.07, 6.45) is 8.28. The Hall–Kier alpha value is -3.15. The van der Waals surface area contributed by atoms with E-state index >= 15 is 0 Å². The Morgan fingerprint density at radius 2 is 2.08 bits per heavy atom. The number of benzene rings is 1. The lowest BCUT2D eigenvalue weighted by atomic mass is 10.1. The van der Waals surface area contributed by atoms with Crippen LogP contribution >= 0.6 is 0 Å². The molecule has 1 unspecified atom stereocenters. The minimum Gasteiger partial charge on any atom is -0.494 e. The highest BCUT2D eigenvalue weighted by molar-refractivity contribution is 5.76. The molecule has 0 bridgehead atoms. The summed E-state index contributed by atoms with van der Waals surface area (Å²) in [5.41, 5.74) is 2.85. The molecule has 0 radical (unpaired) electrons. The molecule has 6 nitrogen and oxygen atoms in total. The Labute approximate surface area is 152 Å². The Balaban J connectivity index is 1.61. The minimum atomic E-state index is -0.125. The number of carbonyl (C=O) groups is 1. The van der Waals surface area contributed by atoms with Gasteiger partial charge in [-0.2, -0.15) is 5.10 Å². The number of rotatable bonds is 7. The van der Waals surface area contributed by atoms with Crippen molar-refractivity contribution >= 4 is 5.91 Å². The average Bonchev–Trinajstić information content (AvgIpc) is 3.17. The molecule has 0 fully saturated rings. The third kappa shape index (κ3) is 4.27. The molecular weight excluding hydrogens is 328 g/mol. The number of hydrogen-bond donors (Lipinski definition) is 1. The van der Waals surface area contributed by atoms with Crippen LogP contribution in [0, 0.1) is 0 Å². The largest absolute Gasteiger partial charge is 0.494 e. The van der Waals surface area contributed by atoms with Crippen molar-refractivity contribution in [3.05, 3.63) is 72.3 Å². The van der Waals surface area contributed by atoms with Crippen LogP contribution in [-0.2, 0) is 11.2 Å². The lowest BCUT2D eigenvalue weighted by molar-refractivity contribution is -0.121. The molecule has 1 amide bonds. The molecule has 2 heterocycles. The fourth-order valence-electron chi connectivity index (χ4n) is 2.71. The third-order valence-corrected chi connectivity index (χ3v) is 4.18. The normalized spacial score (nSPS) is 11.8. The number of aromatic nitrogens is 3. The van der Waals surface area contributed by atoms with Crippen LogP contribution in [0.2, 0.25) is 0 Å². The van der Waals surface area contributed by atoms with Gasteiger partial charge in [0.15, 0.2) is 0 Å². The molecule has 0 aliphatic carbocycles. The zero-order chi connectivity index (χ0) is 18.4. The molecule has 2 aromatic heterocycles. The number of nitrogens with zero attached hydrogens (tertiary/aromatic N) is 3. The number of hydrogen-bond acceptors (Lipinski definition) is 4. The topological polar surface area (TPSA) is 69.0 Å². The average molecular weight is 350 g/mol. The molecule has 1 atom stereocenters. The van der Waals surface area contributed by atoms with Crippen LogP contribution in [0.3, 0.4) is 0 Å². The van der Waals surface area contributed by atoms with Gasteiger partial charge in [-0.3, -0.25) is 9.78 Å². The van der Waals surface area contributed by atoms with Crippen LogP contribution in [0.1, 0.15) is 30.5 Å². The van der Waals surface area contributed by atoms with Crippen LogP contribution in [0.25, 0.3) is 5.69 Å². The summed E-state index contributed by atoms with van der Waals surface area (Å²) in [6, 6.07) is 11.4. The van der Waals surface area contributed by atoms with Crippen LogP contribution in [0.4, 0.5) is 0 Å². The van der Waals surface area contributed by atoms with Crippen molar-refractivity contribution in [2.24, 2.45) is 0 Å². The van der Waals surface area contributed by atoms with Crippen LogP contribution in [0.5, 0.6) is 5.75 Å². The molecule has 26 heavy (non-hydrogen) atoms. The minimum absolute atomic E-state index is 0.00592. The number of amides is 1. The molecule has 134 valence electrons. The first kappa shape index (κ1) is 17.7. The fraction of sp³-hybridized carbons (Fsp3) is 0.250. The molecule has 0 spiro atoms. The Morgan fingerprint density at radius 3 is 2.85 bits per heavy atom. The van der Waals surface area contributed by atoms with E-state index in [9.17, 15) is 4.79 Å². The Morgan fingerprint density at radius 1 is 1.23 bits per heavy atom. The maximum atomic E-state index is 12.2. The van der Waals surface area contributed by atoms with Gasteiger partial charge in [-0.05, 0) is 37.1 Å². The second kappa shape index (κ2) is 8.29. The van der Waals surface area contributed by atoms with Crippen molar-refractivity contribution in [3.63, 3.8) is 0 Å². The van der Waals surface area contributed by atoms with Gasteiger partial charge in [0.25, 0.3) is 0 Å². The molecular formula is C20H22N4O2. The first-order chi connectivity index (χ1) is 12.7. The van der Waals surface area contributed by atoms with Crippen molar-refractivity contribution in [2.45, 2.75) is 25.8 Å². The molecule has 3 rings (SSSR count). The van der Waals surface area contributed by atoms with E-state index in [0.29, 0.717) is 12.8 Å². The highest BCUT2D eigenvalue weighted by atomic mass is 16.5. The number of para-hydroxylation sites is 2. The number of nitrogens with one attached hydrogen (secondary N) is 1. The van der Waals surface area contributed by atoms with E-state index < -0.39 is 0 Å². The van der Waals surface area contributed by atoms with Crippen molar-refractivity contribution in [1.29, 1.82) is 0 Å². The zero-order valence-corrected chi connectivity index (χ0v) is 14.9. The van der Waals surface area contributed by atoms with Crippen LogP contribution in [-0.4, -0.2) is 27.8 Å². The summed E-state index contributed by atoms with van der Waals surface area (Å²) in [5, 5.41) is 7.41. The maximum Gasteiger partial charge on any atom is 0.220 e. The zero-order valence-electron chi connectivity index (χ0n) is 14.9. The molecule has 1 N–H and O–H groups in total. The summed E-state index contributed by atoms with van der Waals surface area (Å²) in [6.45, 7) is 1.95. The lowest BCUT2D eigenvalue weighted by Gasteiger charge is -2.12. The van der Waals surface area contributed by atoms with E-state index in [0.717, 1.165) is 22.6 Å². The molecule has 3 aromatic rings. The standard InChI is InChI=1S/C20H22N4O2/c1-15(23-20(25)10-9-16-6-5-11-21-12-16)17-13-22-24(14-17)18-7-3-4-8-19(18)26-2/h3-8,11-15H,9-10H2,1-2H3,(H,23,25).